The van der Waals surface area contributed by atoms with Gasteiger partial charge in [-0.2, -0.15) is 10.2 Å². The van der Waals surface area contributed by atoms with Crippen LogP contribution in [0.2, 0.25) is 0 Å². The van der Waals surface area contributed by atoms with Gasteiger partial charge < -0.3 is 10.1 Å². The van der Waals surface area contributed by atoms with Gasteiger partial charge in [0.25, 0.3) is 0 Å². The molecule has 1 aliphatic rings. The number of aromatic nitrogens is 4. The maximum atomic E-state index is 14.1. The molecule has 4 aromatic rings. The number of rotatable bonds is 8. The van der Waals surface area contributed by atoms with E-state index in [1.807, 2.05) is 37.3 Å². The number of para-hydroxylation sites is 1. The Kier molecular flexibility index (Phi) is 7.47. The standard InChI is InChI=1S/C27H29F2N7O2/c1-17-25(19-13-30-31-14-19)34-36(20-6-4-3-5-7-20)26(17)33-27(37)32-24-16-35(10-11-38-2)15-21(24)18-8-9-22(28)23(29)12-18/h3-9,12-14,21,24H,10-11,15-16H2,1-2H3,(H,30,31)(H2,32,33,37)/t21-,24+/m0/s1. The molecule has 2 amide bonds. The fraction of sp³-hybridized carbons (Fsp3) is 0.296. The van der Waals surface area contributed by atoms with Crippen LogP contribution < -0.4 is 10.6 Å². The number of nitrogens with zero attached hydrogens (tertiary/aromatic N) is 4. The van der Waals surface area contributed by atoms with E-state index in [9.17, 15) is 13.6 Å². The molecule has 0 radical (unpaired) electrons. The summed E-state index contributed by atoms with van der Waals surface area (Å²) in [6.07, 6.45) is 3.42. The topological polar surface area (TPSA) is 100 Å². The molecule has 2 atom stereocenters. The number of carbonyl (C=O) groups is 1. The molecule has 0 unspecified atom stereocenters. The van der Waals surface area contributed by atoms with Crippen LogP contribution in [0.5, 0.6) is 0 Å². The number of aromatic amines is 1. The van der Waals surface area contributed by atoms with Gasteiger partial charge in [-0.1, -0.05) is 24.3 Å². The number of ether oxygens (including phenoxy) is 1. The third-order valence-corrected chi connectivity index (χ3v) is 6.82. The van der Waals surface area contributed by atoms with Crippen molar-refractivity contribution in [3.8, 4) is 16.9 Å². The predicted octanol–water partition coefficient (Wildman–Crippen LogP) is 4.08. The molecule has 0 spiro atoms. The Bertz CT molecular complexity index is 1390. The van der Waals surface area contributed by atoms with Gasteiger partial charge in [-0.25, -0.2) is 18.3 Å². The zero-order chi connectivity index (χ0) is 26.6. The molecule has 198 valence electrons. The number of anilines is 1. The van der Waals surface area contributed by atoms with Crippen molar-refractivity contribution >= 4 is 11.8 Å². The van der Waals surface area contributed by atoms with Gasteiger partial charge in [0.2, 0.25) is 0 Å². The highest BCUT2D eigenvalue weighted by molar-refractivity contribution is 5.91. The molecule has 11 heteroatoms. The fourth-order valence-corrected chi connectivity index (χ4v) is 4.88. The lowest BCUT2D eigenvalue weighted by molar-refractivity contribution is 0.159. The smallest absolute Gasteiger partial charge is 0.320 e. The van der Waals surface area contributed by atoms with Crippen molar-refractivity contribution in [3.63, 3.8) is 0 Å². The summed E-state index contributed by atoms with van der Waals surface area (Å²) >= 11 is 0. The number of hydrogen-bond acceptors (Lipinski definition) is 5. The Balaban J connectivity index is 1.41. The average Bonchev–Trinajstić information content (AvgIpc) is 3.65. The summed E-state index contributed by atoms with van der Waals surface area (Å²) in [4.78, 5) is 15.5. The van der Waals surface area contributed by atoms with Crippen molar-refractivity contribution in [2.45, 2.75) is 18.9 Å². The van der Waals surface area contributed by atoms with E-state index >= 15 is 0 Å². The minimum Gasteiger partial charge on any atom is -0.383 e. The summed E-state index contributed by atoms with van der Waals surface area (Å²) < 4.78 is 34.5. The second kappa shape index (κ2) is 11.1. The number of amides is 2. The van der Waals surface area contributed by atoms with Crippen molar-refractivity contribution in [1.82, 2.24) is 30.2 Å². The third-order valence-electron chi connectivity index (χ3n) is 6.82. The van der Waals surface area contributed by atoms with Crippen LogP contribution in [0.25, 0.3) is 16.9 Å². The van der Waals surface area contributed by atoms with Crippen LogP contribution in [0, 0.1) is 18.6 Å². The van der Waals surface area contributed by atoms with Crippen LogP contribution in [0.15, 0.2) is 60.9 Å². The Morgan fingerprint density at radius 2 is 1.97 bits per heavy atom. The highest BCUT2D eigenvalue weighted by Gasteiger charge is 2.35. The number of methoxy groups -OCH3 is 1. The molecule has 38 heavy (non-hydrogen) atoms. The van der Waals surface area contributed by atoms with Gasteiger partial charge in [-0.3, -0.25) is 15.3 Å². The van der Waals surface area contributed by atoms with Gasteiger partial charge in [0.05, 0.1) is 24.5 Å². The zero-order valence-electron chi connectivity index (χ0n) is 21.1. The fourth-order valence-electron chi connectivity index (χ4n) is 4.88. The molecule has 2 aromatic carbocycles. The minimum atomic E-state index is -0.907. The highest BCUT2D eigenvalue weighted by Crippen LogP contribution is 2.31. The summed E-state index contributed by atoms with van der Waals surface area (Å²) in [6, 6.07) is 12.6. The lowest BCUT2D eigenvalue weighted by Crippen LogP contribution is -2.42. The molecular weight excluding hydrogens is 492 g/mol. The lowest BCUT2D eigenvalue weighted by Gasteiger charge is -2.21. The molecule has 1 aliphatic heterocycles. The van der Waals surface area contributed by atoms with E-state index in [4.69, 9.17) is 9.84 Å². The van der Waals surface area contributed by atoms with Crippen LogP contribution in [0.3, 0.4) is 0 Å². The van der Waals surface area contributed by atoms with Gasteiger partial charge >= 0.3 is 6.03 Å². The molecule has 0 saturated carbocycles. The maximum Gasteiger partial charge on any atom is 0.320 e. The van der Waals surface area contributed by atoms with E-state index in [0.717, 1.165) is 22.9 Å². The van der Waals surface area contributed by atoms with Crippen LogP contribution in [-0.2, 0) is 4.74 Å². The summed E-state index contributed by atoms with van der Waals surface area (Å²) in [5.41, 5.74) is 3.66. The van der Waals surface area contributed by atoms with Crippen molar-refractivity contribution in [2.24, 2.45) is 0 Å². The number of nitrogens with one attached hydrogen (secondary N) is 3. The Morgan fingerprint density at radius 1 is 1.16 bits per heavy atom. The van der Waals surface area contributed by atoms with E-state index in [1.165, 1.54) is 6.07 Å². The van der Waals surface area contributed by atoms with Gasteiger partial charge in [0.1, 0.15) is 11.5 Å². The first-order valence-corrected chi connectivity index (χ1v) is 12.3. The molecule has 2 aromatic heterocycles. The number of likely N-dealkylation sites (tertiary alicyclic amines) is 1. The largest absolute Gasteiger partial charge is 0.383 e. The second-order valence-electron chi connectivity index (χ2n) is 9.29. The summed E-state index contributed by atoms with van der Waals surface area (Å²) in [6.45, 7) is 4.18. The van der Waals surface area contributed by atoms with Crippen LogP contribution in [-0.4, -0.2) is 70.3 Å². The first kappa shape index (κ1) is 25.6. The second-order valence-corrected chi connectivity index (χ2v) is 9.29. The van der Waals surface area contributed by atoms with Crippen molar-refractivity contribution in [2.75, 3.05) is 38.7 Å². The zero-order valence-corrected chi connectivity index (χ0v) is 21.1. The van der Waals surface area contributed by atoms with Crippen molar-refractivity contribution in [3.05, 3.63) is 83.7 Å². The number of H-pyrrole nitrogens is 1. The van der Waals surface area contributed by atoms with Gasteiger partial charge in [0, 0.05) is 50.0 Å². The van der Waals surface area contributed by atoms with Gasteiger partial charge in [0.15, 0.2) is 11.6 Å². The van der Waals surface area contributed by atoms with E-state index in [-0.39, 0.29) is 12.0 Å². The summed E-state index contributed by atoms with van der Waals surface area (Å²) in [7, 11) is 1.63. The summed E-state index contributed by atoms with van der Waals surface area (Å²) in [5.74, 6) is -1.52. The molecule has 3 N–H and O–H groups in total. The highest BCUT2D eigenvalue weighted by atomic mass is 19.2. The SMILES string of the molecule is COCCN1C[C@@H](NC(=O)Nc2c(C)c(-c3cn[nH]c3)nn2-c2ccccc2)[C@H](c2ccc(F)c(F)c2)C1. The summed E-state index contributed by atoms with van der Waals surface area (Å²) in [5, 5.41) is 17.6. The molecule has 0 bridgehead atoms. The number of halogens is 2. The lowest BCUT2D eigenvalue weighted by atomic mass is 9.94. The first-order valence-electron chi connectivity index (χ1n) is 12.3. The Hall–Kier alpha value is -4.09. The van der Waals surface area contributed by atoms with Crippen LogP contribution in [0.1, 0.15) is 17.0 Å². The third kappa shape index (κ3) is 5.29. The predicted molar refractivity (Wildman–Crippen MR) is 139 cm³/mol. The van der Waals surface area contributed by atoms with Gasteiger partial charge in [-0.05, 0) is 36.8 Å². The Morgan fingerprint density at radius 3 is 2.68 bits per heavy atom. The number of hydrogen-bond donors (Lipinski definition) is 3. The number of benzene rings is 2. The van der Waals surface area contributed by atoms with Crippen molar-refractivity contribution in [1.29, 1.82) is 0 Å². The molecule has 0 aliphatic carbocycles. The molecule has 9 nitrogen and oxygen atoms in total. The monoisotopic (exact) mass is 521 g/mol. The van der Waals surface area contributed by atoms with E-state index in [2.05, 4.69) is 25.7 Å². The normalized spacial score (nSPS) is 17.6. The van der Waals surface area contributed by atoms with E-state index in [1.54, 1.807) is 30.3 Å². The van der Waals surface area contributed by atoms with Crippen LogP contribution >= 0.6 is 0 Å². The number of urea groups is 1. The number of carbonyl (C=O) groups excluding carboxylic acids is 1. The Labute approximate surface area is 218 Å². The van der Waals surface area contributed by atoms with E-state index in [0.29, 0.717) is 43.3 Å². The molecule has 1 fully saturated rings. The minimum absolute atomic E-state index is 0.227. The molecule has 5 rings (SSSR count). The maximum absolute atomic E-state index is 14.1. The molecule has 3 heterocycles. The quantitative estimate of drug-likeness (QED) is 0.324. The van der Waals surface area contributed by atoms with Crippen LogP contribution in [0.4, 0.5) is 19.4 Å². The molecular formula is C27H29F2N7O2. The van der Waals surface area contributed by atoms with Gasteiger partial charge in [-0.15, -0.1) is 0 Å². The van der Waals surface area contributed by atoms with Crippen molar-refractivity contribution < 1.29 is 18.3 Å². The first-order chi connectivity index (χ1) is 18.4. The van der Waals surface area contributed by atoms with E-state index < -0.39 is 17.7 Å². The molecule has 1 saturated heterocycles. The average molecular weight is 522 g/mol.